The molecule has 1 aliphatic rings. The number of nitriles is 1. The quantitative estimate of drug-likeness (QED) is 0.568. The van der Waals surface area contributed by atoms with E-state index in [0.717, 1.165) is 16.0 Å². The van der Waals surface area contributed by atoms with Gasteiger partial charge in [-0.15, -0.1) is 11.3 Å². The van der Waals surface area contributed by atoms with Crippen LogP contribution in [0.15, 0.2) is 53.3 Å². The molecule has 2 amide bonds. The van der Waals surface area contributed by atoms with Crippen LogP contribution >= 0.6 is 11.3 Å². The first-order valence-corrected chi connectivity index (χ1v) is 10.8. The lowest BCUT2D eigenvalue weighted by molar-refractivity contribution is -0.111. The number of carbonyl (C=O) groups excluding carboxylic acids is 2. The summed E-state index contributed by atoms with van der Waals surface area (Å²) >= 11 is 1.39. The summed E-state index contributed by atoms with van der Waals surface area (Å²) in [5, 5.41) is 12.8. The average molecular weight is 449 g/mol. The van der Waals surface area contributed by atoms with Gasteiger partial charge in [0.15, 0.2) is 0 Å². The fourth-order valence-corrected chi connectivity index (χ4v) is 4.69. The number of anilines is 1. The number of rotatable bonds is 6. The molecule has 0 bridgehead atoms. The molecule has 3 aromatic rings. The number of carbonyl (C=O) groups is 2. The van der Waals surface area contributed by atoms with Crippen LogP contribution in [-0.2, 0) is 35.5 Å². The normalized spacial score (nSPS) is 12.9. The number of amides is 2. The minimum atomic E-state index is -0.413. The topological polar surface area (TPSA) is 108 Å². The van der Waals surface area contributed by atoms with Gasteiger partial charge in [-0.2, -0.15) is 5.26 Å². The van der Waals surface area contributed by atoms with E-state index in [1.165, 1.54) is 23.7 Å². The van der Waals surface area contributed by atoms with E-state index in [0.29, 0.717) is 36.0 Å². The van der Waals surface area contributed by atoms with Gasteiger partial charge in [0.2, 0.25) is 5.91 Å². The van der Waals surface area contributed by atoms with Crippen molar-refractivity contribution in [1.29, 1.82) is 5.26 Å². The highest BCUT2D eigenvalue weighted by Gasteiger charge is 2.28. The van der Waals surface area contributed by atoms with Gasteiger partial charge in [-0.1, -0.05) is 6.07 Å². The second kappa shape index (κ2) is 9.94. The Morgan fingerprint density at radius 2 is 2.25 bits per heavy atom. The minimum absolute atomic E-state index is 0.108. The van der Waals surface area contributed by atoms with Crippen molar-refractivity contribution in [3.63, 3.8) is 0 Å². The van der Waals surface area contributed by atoms with Crippen molar-refractivity contribution in [3.8, 4) is 6.07 Å². The van der Waals surface area contributed by atoms with Gasteiger partial charge in [-0.25, -0.2) is 4.79 Å². The molecule has 0 fully saturated rings. The second-order valence-corrected chi connectivity index (χ2v) is 8.14. The minimum Gasteiger partial charge on any atom is -0.465 e. The van der Waals surface area contributed by atoms with Crippen LogP contribution in [0.5, 0.6) is 0 Å². The Hall–Kier alpha value is -3.90. The third kappa shape index (κ3) is 5.04. The zero-order valence-corrected chi connectivity index (χ0v) is 17.9. The maximum atomic E-state index is 12.5. The molecule has 0 radical (unpaired) electrons. The molecule has 0 unspecified atom stereocenters. The first-order valence-electron chi connectivity index (χ1n) is 9.98. The summed E-state index contributed by atoms with van der Waals surface area (Å²) in [5.41, 5.74) is 2.52. The van der Waals surface area contributed by atoms with Crippen molar-refractivity contribution in [2.75, 3.05) is 11.9 Å². The SMILES string of the molecule is N#CCc1c(NC(=O)/C=C/c2ccco2)sc2c1CCN(C(=O)OCc1ccccn1)C2. The Balaban J connectivity index is 1.43. The molecule has 32 heavy (non-hydrogen) atoms. The number of hydrogen-bond donors (Lipinski definition) is 1. The molecule has 0 spiro atoms. The zero-order chi connectivity index (χ0) is 22.3. The lowest BCUT2D eigenvalue weighted by Gasteiger charge is -2.26. The largest absolute Gasteiger partial charge is 0.465 e. The van der Waals surface area contributed by atoms with Crippen molar-refractivity contribution < 1.29 is 18.7 Å². The number of fused-ring (bicyclic) bond motifs is 1. The first-order chi connectivity index (χ1) is 15.6. The van der Waals surface area contributed by atoms with E-state index in [1.54, 1.807) is 41.4 Å². The number of nitrogens with one attached hydrogen (secondary N) is 1. The number of ether oxygens (including phenoxy) is 1. The van der Waals surface area contributed by atoms with Crippen LogP contribution in [0.3, 0.4) is 0 Å². The highest BCUT2D eigenvalue weighted by Crippen LogP contribution is 2.37. The van der Waals surface area contributed by atoms with Gasteiger partial charge in [0, 0.05) is 29.3 Å². The molecule has 0 saturated carbocycles. The number of hydrogen-bond acceptors (Lipinski definition) is 7. The molecule has 0 aromatic carbocycles. The van der Waals surface area contributed by atoms with E-state index in [2.05, 4.69) is 16.4 Å². The highest BCUT2D eigenvalue weighted by molar-refractivity contribution is 7.16. The van der Waals surface area contributed by atoms with Crippen LogP contribution in [0.2, 0.25) is 0 Å². The molecule has 4 rings (SSSR count). The van der Waals surface area contributed by atoms with Crippen LogP contribution in [0.1, 0.15) is 27.5 Å². The maximum Gasteiger partial charge on any atom is 0.410 e. The van der Waals surface area contributed by atoms with Crippen LogP contribution in [0.25, 0.3) is 6.08 Å². The summed E-state index contributed by atoms with van der Waals surface area (Å²) in [6.45, 7) is 0.961. The predicted octanol–water partition coefficient (Wildman–Crippen LogP) is 4.15. The third-order valence-corrected chi connectivity index (χ3v) is 6.10. The lowest BCUT2D eigenvalue weighted by atomic mass is 10.0. The summed E-state index contributed by atoms with van der Waals surface area (Å²) in [6.07, 6.45) is 6.51. The van der Waals surface area contributed by atoms with Gasteiger partial charge in [0.1, 0.15) is 17.4 Å². The standard InChI is InChI=1S/C23H20N4O4S/c24-10-8-19-18-9-12-27(23(29)31-15-16-4-1-2-11-25-16)14-20(18)32-22(19)26-21(28)7-6-17-5-3-13-30-17/h1-7,11,13H,8-9,12,14-15H2,(H,26,28)/b7-6+. The predicted molar refractivity (Wildman–Crippen MR) is 119 cm³/mol. The summed E-state index contributed by atoms with van der Waals surface area (Å²) in [6, 6.07) is 11.1. The second-order valence-electron chi connectivity index (χ2n) is 7.03. The van der Waals surface area contributed by atoms with Crippen molar-refractivity contribution in [1.82, 2.24) is 9.88 Å². The van der Waals surface area contributed by atoms with E-state index in [1.807, 2.05) is 6.07 Å². The average Bonchev–Trinajstić information content (AvgIpc) is 3.45. The van der Waals surface area contributed by atoms with Gasteiger partial charge < -0.3 is 19.4 Å². The van der Waals surface area contributed by atoms with Crippen molar-refractivity contribution in [2.24, 2.45) is 0 Å². The number of furan rings is 1. The first kappa shape index (κ1) is 21.3. The van der Waals surface area contributed by atoms with E-state index in [9.17, 15) is 14.9 Å². The number of nitrogens with zero attached hydrogens (tertiary/aromatic N) is 3. The van der Waals surface area contributed by atoms with Gasteiger partial charge in [-0.3, -0.25) is 9.78 Å². The Labute approximate surface area is 188 Å². The van der Waals surface area contributed by atoms with Crippen molar-refractivity contribution >= 4 is 34.4 Å². The van der Waals surface area contributed by atoms with E-state index >= 15 is 0 Å². The summed E-state index contributed by atoms with van der Waals surface area (Å²) in [7, 11) is 0. The van der Waals surface area contributed by atoms with Crippen molar-refractivity contribution in [2.45, 2.75) is 26.0 Å². The zero-order valence-electron chi connectivity index (χ0n) is 17.1. The van der Waals surface area contributed by atoms with E-state index in [4.69, 9.17) is 9.15 Å². The van der Waals surface area contributed by atoms with Gasteiger partial charge >= 0.3 is 6.09 Å². The number of thiophene rings is 1. The molecule has 0 aliphatic carbocycles. The van der Waals surface area contributed by atoms with Crippen LogP contribution in [0, 0.1) is 11.3 Å². The summed E-state index contributed by atoms with van der Waals surface area (Å²) in [5.74, 6) is 0.258. The Bertz CT molecular complexity index is 1160. The molecule has 1 N–H and O–H groups in total. The maximum absolute atomic E-state index is 12.5. The molecule has 3 aromatic heterocycles. The smallest absolute Gasteiger partial charge is 0.410 e. The fourth-order valence-electron chi connectivity index (χ4n) is 3.40. The fraction of sp³-hybridized carbons (Fsp3) is 0.217. The summed E-state index contributed by atoms with van der Waals surface area (Å²) < 4.78 is 10.6. The molecule has 4 heterocycles. The molecule has 1 aliphatic heterocycles. The molecule has 9 heteroatoms. The van der Waals surface area contributed by atoms with Gasteiger partial charge in [0.05, 0.1) is 31.0 Å². The molecular formula is C23H20N4O4S. The van der Waals surface area contributed by atoms with E-state index in [-0.39, 0.29) is 18.9 Å². The van der Waals surface area contributed by atoms with Gasteiger partial charge in [0.25, 0.3) is 0 Å². The molecule has 0 saturated heterocycles. The monoisotopic (exact) mass is 448 g/mol. The molecule has 0 atom stereocenters. The van der Waals surface area contributed by atoms with E-state index < -0.39 is 6.09 Å². The Morgan fingerprint density at radius 3 is 3.00 bits per heavy atom. The third-order valence-electron chi connectivity index (χ3n) is 4.93. The van der Waals surface area contributed by atoms with Crippen LogP contribution < -0.4 is 5.32 Å². The number of aromatic nitrogens is 1. The number of pyridine rings is 1. The summed E-state index contributed by atoms with van der Waals surface area (Å²) in [4.78, 5) is 31.6. The Morgan fingerprint density at radius 1 is 1.34 bits per heavy atom. The Kier molecular flexibility index (Phi) is 6.63. The van der Waals surface area contributed by atoms with Crippen LogP contribution in [-0.4, -0.2) is 28.4 Å². The molecule has 162 valence electrons. The van der Waals surface area contributed by atoms with Gasteiger partial charge in [-0.05, 0) is 42.3 Å². The molecular weight excluding hydrogens is 428 g/mol. The highest BCUT2D eigenvalue weighted by atomic mass is 32.1. The molecule has 8 nitrogen and oxygen atoms in total. The van der Waals surface area contributed by atoms with Crippen LogP contribution in [0.4, 0.5) is 9.80 Å². The lowest BCUT2D eigenvalue weighted by Crippen LogP contribution is -2.35. The van der Waals surface area contributed by atoms with Crippen molar-refractivity contribution in [3.05, 3.63) is 76.3 Å².